The van der Waals surface area contributed by atoms with Crippen LogP contribution in [-0.2, 0) is 6.54 Å². The highest BCUT2D eigenvalue weighted by Crippen LogP contribution is 2.25. The number of halogens is 3. The van der Waals surface area contributed by atoms with E-state index < -0.39 is 0 Å². The lowest BCUT2D eigenvalue weighted by molar-refractivity contribution is 0.602. The first-order valence-corrected chi connectivity index (χ1v) is 6.58. The summed E-state index contributed by atoms with van der Waals surface area (Å²) in [6, 6.07) is 12.4. The summed E-state index contributed by atoms with van der Waals surface area (Å²) in [5.41, 5.74) is 1.59. The molecule has 0 bridgehead atoms. The summed E-state index contributed by atoms with van der Waals surface area (Å²) in [6.07, 6.45) is 1.91. The Hall–Kier alpha value is -1.51. The van der Waals surface area contributed by atoms with E-state index in [0.29, 0.717) is 22.2 Å². The number of benzene rings is 2. The molecule has 0 N–H and O–H groups in total. The zero-order chi connectivity index (χ0) is 13.4. The van der Waals surface area contributed by atoms with Crippen LogP contribution in [0.1, 0.15) is 5.56 Å². The summed E-state index contributed by atoms with van der Waals surface area (Å²) < 4.78 is 15.8. The van der Waals surface area contributed by atoms with E-state index in [-0.39, 0.29) is 5.82 Å². The van der Waals surface area contributed by atoms with Crippen molar-refractivity contribution >= 4 is 34.1 Å². The normalized spacial score (nSPS) is 11.1. The number of aromatic nitrogens is 1. The minimum Gasteiger partial charge on any atom is -0.343 e. The quantitative estimate of drug-likeness (QED) is 0.617. The van der Waals surface area contributed by atoms with Gasteiger partial charge in [0.2, 0.25) is 0 Å². The third-order valence-corrected chi connectivity index (χ3v) is 3.68. The van der Waals surface area contributed by atoms with Gasteiger partial charge in [0.05, 0.1) is 6.54 Å². The van der Waals surface area contributed by atoms with E-state index in [4.69, 9.17) is 23.2 Å². The van der Waals surface area contributed by atoms with E-state index in [1.807, 2.05) is 35.0 Å². The fraction of sp³-hybridized carbons (Fsp3) is 0.0667. The molecule has 19 heavy (non-hydrogen) atoms. The van der Waals surface area contributed by atoms with E-state index in [0.717, 1.165) is 10.9 Å². The summed E-state index contributed by atoms with van der Waals surface area (Å²) >= 11 is 11.9. The van der Waals surface area contributed by atoms with Gasteiger partial charge in [0.15, 0.2) is 0 Å². The molecule has 2 aromatic carbocycles. The lowest BCUT2D eigenvalue weighted by Crippen LogP contribution is -2.00. The molecule has 0 aliphatic rings. The van der Waals surface area contributed by atoms with Crippen LogP contribution in [0.25, 0.3) is 10.9 Å². The van der Waals surface area contributed by atoms with Crippen molar-refractivity contribution in [1.29, 1.82) is 0 Å². The molecule has 96 valence electrons. The van der Waals surface area contributed by atoms with Crippen molar-refractivity contribution in [2.24, 2.45) is 0 Å². The van der Waals surface area contributed by atoms with Gasteiger partial charge in [0.25, 0.3) is 0 Å². The van der Waals surface area contributed by atoms with Gasteiger partial charge in [-0.2, -0.15) is 0 Å². The Morgan fingerprint density at radius 2 is 1.89 bits per heavy atom. The molecule has 0 saturated carbocycles. The van der Waals surface area contributed by atoms with Crippen molar-refractivity contribution in [1.82, 2.24) is 4.57 Å². The first kappa shape index (κ1) is 12.5. The monoisotopic (exact) mass is 293 g/mol. The SMILES string of the molecule is Fc1cc(Cl)ccc1Cn1ccc2c(Cl)cccc21. The highest BCUT2D eigenvalue weighted by atomic mass is 35.5. The Labute approximate surface area is 120 Å². The fourth-order valence-electron chi connectivity index (χ4n) is 2.16. The molecule has 4 heteroatoms. The Balaban J connectivity index is 2.04. The summed E-state index contributed by atoms with van der Waals surface area (Å²) in [5.74, 6) is -0.295. The molecule has 0 aliphatic carbocycles. The van der Waals surface area contributed by atoms with Gasteiger partial charge >= 0.3 is 0 Å². The van der Waals surface area contributed by atoms with Crippen molar-refractivity contribution in [3.8, 4) is 0 Å². The Kier molecular flexibility index (Phi) is 3.21. The van der Waals surface area contributed by atoms with Gasteiger partial charge in [0, 0.05) is 32.7 Å². The number of rotatable bonds is 2. The van der Waals surface area contributed by atoms with E-state index in [2.05, 4.69) is 0 Å². The maximum atomic E-state index is 13.8. The van der Waals surface area contributed by atoms with Crippen LogP contribution in [0.3, 0.4) is 0 Å². The van der Waals surface area contributed by atoms with E-state index in [9.17, 15) is 4.39 Å². The van der Waals surface area contributed by atoms with Crippen LogP contribution in [0.5, 0.6) is 0 Å². The number of hydrogen-bond donors (Lipinski definition) is 0. The van der Waals surface area contributed by atoms with E-state index >= 15 is 0 Å². The number of fused-ring (bicyclic) bond motifs is 1. The number of nitrogens with zero attached hydrogens (tertiary/aromatic N) is 1. The average Bonchev–Trinajstić information content (AvgIpc) is 2.78. The molecule has 1 aromatic heterocycles. The van der Waals surface area contributed by atoms with Gasteiger partial charge in [0.1, 0.15) is 5.82 Å². The Morgan fingerprint density at radius 1 is 1.05 bits per heavy atom. The van der Waals surface area contributed by atoms with Gasteiger partial charge in [-0.1, -0.05) is 35.3 Å². The molecule has 0 spiro atoms. The zero-order valence-corrected chi connectivity index (χ0v) is 11.4. The first-order chi connectivity index (χ1) is 9.15. The van der Waals surface area contributed by atoms with Crippen molar-refractivity contribution in [3.63, 3.8) is 0 Å². The lowest BCUT2D eigenvalue weighted by atomic mass is 10.2. The van der Waals surface area contributed by atoms with Crippen LogP contribution >= 0.6 is 23.2 Å². The molecule has 0 aliphatic heterocycles. The van der Waals surface area contributed by atoms with Crippen LogP contribution in [0.4, 0.5) is 4.39 Å². The van der Waals surface area contributed by atoms with Gasteiger partial charge in [-0.3, -0.25) is 0 Å². The highest BCUT2D eigenvalue weighted by molar-refractivity contribution is 6.35. The summed E-state index contributed by atoms with van der Waals surface area (Å²) in [6.45, 7) is 0.451. The third kappa shape index (κ3) is 2.34. The van der Waals surface area contributed by atoms with Gasteiger partial charge in [-0.05, 0) is 30.3 Å². The molecule has 0 amide bonds. The van der Waals surface area contributed by atoms with Crippen LogP contribution in [-0.4, -0.2) is 4.57 Å². The van der Waals surface area contributed by atoms with Crippen LogP contribution in [0.2, 0.25) is 10.0 Å². The highest BCUT2D eigenvalue weighted by Gasteiger charge is 2.07. The topological polar surface area (TPSA) is 4.93 Å². The standard InChI is InChI=1S/C15H10Cl2FN/c16-11-5-4-10(14(18)8-11)9-19-7-6-12-13(17)2-1-3-15(12)19/h1-8H,9H2. The predicted octanol–water partition coefficient (Wildman–Crippen LogP) is 5.14. The second-order valence-corrected chi connectivity index (χ2v) is 5.20. The van der Waals surface area contributed by atoms with Gasteiger partial charge < -0.3 is 4.57 Å². The molecule has 0 fully saturated rings. The largest absolute Gasteiger partial charge is 0.343 e. The van der Waals surface area contributed by atoms with Crippen molar-refractivity contribution in [2.45, 2.75) is 6.54 Å². The molecule has 0 radical (unpaired) electrons. The van der Waals surface area contributed by atoms with Gasteiger partial charge in [-0.25, -0.2) is 4.39 Å². The Morgan fingerprint density at radius 3 is 2.68 bits per heavy atom. The molecule has 1 nitrogen and oxygen atoms in total. The maximum Gasteiger partial charge on any atom is 0.129 e. The second-order valence-electron chi connectivity index (χ2n) is 4.35. The molecule has 0 unspecified atom stereocenters. The fourth-order valence-corrected chi connectivity index (χ4v) is 2.55. The minimum atomic E-state index is -0.295. The van der Waals surface area contributed by atoms with Crippen LogP contribution in [0.15, 0.2) is 48.7 Å². The molecule has 0 atom stereocenters. The predicted molar refractivity (Wildman–Crippen MR) is 77.5 cm³/mol. The van der Waals surface area contributed by atoms with Crippen molar-refractivity contribution < 1.29 is 4.39 Å². The van der Waals surface area contributed by atoms with Crippen molar-refractivity contribution in [2.75, 3.05) is 0 Å². The van der Waals surface area contributed by atoms with Gasteiger partial charge in [-0.15, -0.1) is 0 Å². The first-order valence-electron chi connectivity index (χ1n) is 5.82. The second kappa shape index (κ2) is 4.87. The van der Waals surface area contributed by atoms with E-state index in [1.165, 1.54) is 6.07 Å². The summed E-state index contributed by atoms with van der Waals surface area (Å²) in [5, 5.41) is 2.08. The summed E-state index contributed by atoms with van der Waals surface area (Å²) in [7, 11) is 0. The molecule has 3 aromatic rings. The maximum absolute atomic E-state index is 13.8. The Bertz CT molecular complexity index is 749. The molecular weight excluding hydrogens is 284 g/mol. The van der Waals surface area contributed by atoms with Crippen molar-refractivity contribution in [3.05, 3.63) is 70.1 Å². The molecule has 1 heterocycles. The molecular formula is C15H10Cl2FN. The number of hydrogen-bond acceptors (Lipinski definition) is 0. The molecule has 0 saturated heterocycles. The lowest BCUT2D eigenvalue weighted by Gasteiger charge is -2.07. The zero-order valence-electron chi connectivity index (χ0n) is 9.91. The third-order valence-electron chi connectivity index (χ3n) is 3.12. The molecule has 3 rings (SSSR count). The smallest absolute Gasteiger partial charge is 0.129 e. The average molecular weight is 294 g/mol. The van der Waals surface area contributed by atoms with Crippen LogP contribution in [0, 0.1) is 5.82 Å². The van der Waals surface area contributed by atoms with E-state index in [1.54, 1.807) is 12.1 Å². The minimum absolute atomic E-state index is 0.295. The van der Waals surface area contributed by atoms with Crippen LogP contribution < -0.4 is 0 Å². The summed E-state index contributed by atoms with van der Waals surface area (Å²) in [4.78, 5) is 0.